The van der Waals surface area contributed by atoms with Gasteiger partial charge in [0.05, 0.1) is 12.2 Å². The summed E-state index contributed by atoms with van der Waals surface area (Å²) in [6, 6.07) is 16.8. The molecule has 3 saturated carbocycles. The number of carbonyl (C=O) groups is 2. The number of allylic oxidation sites excluding steroid dienone is 4. The highest BCUT2D eigenvalue weighted by atomic mass is 16.7. The molecule has 2 aromatic rings. The van der Waals surface area contributed by atoms with Crippen LogP contribution in [0.25, 0.3) is 0 Å². The van der Waals surface area contributed by atoms with Crippen LogP contribution in [-0.2, 0) is 19.1 Å². The van der Waals surface area contributed by atoms with E-state index in [1.165, 1.54) is 0 Å². The van der Waals surface area contributed by atoms with E-state index in [1.54, 1.807) is 24.3 Å². The number of ketones is 2. The molecule has 5 aliphatic rings. The first kappa shape index (κ1) is 29.5. The summed E-state index contributed by atoms with van der Waals surface area (Å²) in [5.74, 6) is 2.15. The maximum Gasteiger partial charge on any atom is 0.205 e. The molecule has 7 rings (SSSR count). The van der Waals surface area contributed by atoms with Gasteiger partial charge in [0.2, 0.25) is 5.78 Å². The summed E-state index contributed by atoms with van der Waals surface area (Å²) in [5.41, 5.74) is -1.09. The van der Waals surface area contributed by atoms with Gasteiger partial charge in [-0.05, 0) is 92.5 Å². The van der Waals surface area contributed by atoms with Crippen molar-refractivity contribution in [2.45, 2.75) is 83.4 Å². The SMILES string of the molecule is CCC[C@H]1O[C@@H]2CC3C4CCC5=CC(=O)C=CC5(C)C4C(O)CC3(C)[C@]2(C(=O)COc2ccc(Oc3ccccc3)cc2)O1. The highest BCUT2D eigenvalue weighted by molar-refractivity contribution is 6.01. The lowest BCUT2D eigenvalue weighted by Crippen LogP contribution is -2.63. The van der Waals surface area contributed by atoms with Crippen LogP contribution < -0.4 is 9.47 Å². The van der Waals surface area contributed by atoms with Gasteiger partial charge in [-0.3, -0.25) is 9.59 Å². The second kappa shape index (κ2) is 11.0. The number of hydrogen-bond acceptors (Lipinski definition) is 7. The zero-order valence-corrected chi connectivity index (χ0v) is 25.7. The molecule has 6 unspecified atom stereocenters. The average Bonchev–Trinajstić information content (AvgIpc) is 3.49. The van der Waals surface area contributed by atoms with E-state index in [4.69, 9.17) is 18.9 Å². The summed E-state index contributed by atoms with van der Waals surface area (Å²) < 4.78 is 25.3. The van der Waals surface area contributed by atoms with Crippen LogP contribution in [0.2, 0.25) is 0 Å². The number of fused-ring (bicyclic) bond motifs is 7. The van der Waals surface area contributed by atoms with Crippen molar-refractivity contribution in [3.8, 4) is 17.2 Å². The van der Waals surface area contributed by atoms with Crippen molar-refractivity contribution in [2.75, 3.05) is 6.61 Å². The molecule has 9 atom stereocenters. The van der Waals surface area contributed by atoms with Gasteiger partial charge in [-0.2, -0.15) is 0 Å². The summed E-state index contributed by atoms with van der Waals surface area (Å²) >= 11 is 0. The molecule has 7 heteroatoms. The molecular formula is C37H42O7. The van der Waals surface area contributed by atoms with Gasteiger partial charge < -0.3 is 24.1 Å². The van der Waals surface area contributed by atoms with Crippen LogP contribution in [0.3, 0.4) is 0 Å². The Hall–Kier alpha value is -3.26. The number of aliphatic hydroxyl groups is 1. The minimum atomic E-state index is -1.20. The molecule has 1 aliphatic heterocycles. The quantitative estimate of drug-likeness (QED) is 0.366. The molecule has 44 heavy (non-hydrogen) atoms. The minimum Gasteiger partial charge on any atom is -0.486 e. The standard InChI is InChI=1S/C37H42O7/c1-4-8-33-43-32-20-29-28-16-11-23-19-24(38)17-18-35(23,2)34(28)30(39)21-36(29,3)37(32,44-33)31(40)22-41-25-12-14-27(15-13-25)42-26-9-6-5-7-10-26/h5-7,9-10,12-15,17-19,28-30,32-34,39H,4,8,11,16,20-22H2,1-3H3/t28?,29?,30?,32-,33+,34?,35?,36?,37-/m1/s1. The summed E-state index contributed by atoms with van der Waals surface area (Å²) in [4.78, 5) is 26.6. The third kappa shape index (κ3) is 4.50. The fourth-order valence-electron chi connectivity index (χ4n) is 9.49. The Labute approximate surface area is 259 Å². The first-order valence-electron chi connectivity index (χ1n) is 16.1. The lowest BCUT2D eigenvalue weighted by atomic mass is 9.46. The Morgan fingerprint density at radius 3 is 2.52 bits per heavy atom. The van der Waals surface area contributed by atoms with Crippen molar-refractivity contribution in [3.63, 3.8) is 0 Å². The highest BCUT2D eigenvalue weighted by Gasteiger charge is 2.75. The molecule has 2 aromatic carbocycles. The number of Topliss-reactive ketones (excluding diaryl/α,β-unsaturated/α-hetero) is 1. The molecule has 0 radical (unpaired) electrons. The third-order valence-electron chi connectivity index (χ3n) is 11.4. The van der Waals surface area contributed by atoms with Gasteiger partial charge in [0.25, 0.3) is 0 Å². The molecular weight excluding hydrogens is 556 g/mol. The van der Waals surface area contributed by atoms with E-state index in [-0.39, 0.29) is 41.3 Å². The maximum absolute atomic E-state index is 14.4. The monoisotopic (exact) mass is 598 g/mol. The van der Waals surface area contributed by atoms with Crippen LogP contribution in [0.4, 0.5) is 0 Å². The number of carbonyl (C=O) groups excluding carboxylic acids is 2. The zero-order chi connectivity index (χ0) is 30.7. The second-order valence-corrected chi connectivity index (χ2v) is 13.7. The van der Waals surface area contributed by atoms with Crippen molar-refractivity contribution in [2.24, 2.45) is 28.6 Å². The smallest absolute Gasteiger partial charge is 0.205 e. The lowest BCUT2D eigenvalue weighted by Gasteiger charge is -2.59. The molecule has 0 spiro atoms. The van der Waals surface area contributed by atoms with Gasteiger partial charge in [0.15, 0.2) is 17.7 Å². The molecule has 4 aliphatic carbocycles. The van der Waals surface area contributed by atoms with Crippen LogP contribution in [0.5, 0.6) is 17.2 Å². The molecule has 7 nitrogen and oxygen atoms in total. The summed E-state index contributed by atoms with van der Waals surface area (Å²) in [6.45, 7) is 6.23. The Morgan fingerprint density at radius 2 is 1.77 bits per heavy atom. The van der Waals surface area contributed by atoms with Crippen molar-refractivity contribution in [1.29, 1.82) is 0 Å². The molecule has 0 amide bonds. The van der Waals surface area contributed by atoms with E-state index < -0.39 is 29.5 Å². The van der Waals surface area contributed by atoms with Crippen molar-refractivity contribution in [1.82, 2.24) is 0 Å². The number of hydrogen-bond donors (Lipinski definition) is 1. The molecule has 0 bridgehead atoms. The molecule has 4 fully saturated rings. The molecule has 1 saturated heterocycles. The van der Waals surface area contributed by atoms with Crippen molar-refractivity contribution in [3.05, 3.63) is 78.4 Å². The topological polar surface area (TPSA) is 91.3 Å². The largest absolute Gasteiger partial charge is 0.486 e. The normalized spacial score (nSPS) is 38.6. The first-order valence-corrected chi connectivity index (χ1v) is 16.1. The van der Waals surface area contributed by atoms with E-state index in [9.17, 15) is 14.7 Å². The fraction of sp³-hybridized carbons (Fsp3) is 0.514. The maximum atomic E-state index is 14.4. The van der Waals surface area contributed by atoms with Gasteiger partial charge in [-0.15, -0.1) is 0 Å². The van der Waals surface area contributed by atoms with Crippen LogP contribution >= 0.6 is 0 Å². The van der Waals surface area contributed by atoms with Gasteiger partial charge in [-0.25, -0.2) is 0 Å². The predicted molar refractivity (Wildman–Crippen MR) is 164 cm³/mol. The van der Waals surface area contributed by atoms with Crippen LogP contribution in [-0.4, -0.2) is 47.4 Å². The molecule has 1 heterocycles. The molecule has 1 N–H and O–H groups in total. The van der Waals surface area contributed by atoms with E-state index in [0.29, 0.717) is 30.8 Å². The Bertz CT molecular complexity index is 1480. The number of ether oxygens (including phenoxy) is 4. The first-order chi connectivity index (χ1) is 21.2. The Balaban J connectivity index is 1.14. The summed E-state index contributed by atoms with van der Waals surface area (Å²) in [7, 11) is 0. The van der Waals surface area contributed by atoms with E-state index >= 15 is 0 Å². The second-order valence-electron chi connectivity index (χ2n) is 13.7. The fourth-order valence-corrected chi connectivity index (χ4v) is 9.49. The highest BCUT2D eigenvalue weighted by Crippen LogP contribution is 2.69. The van der Waals surface area contributed by atoms with E-state index in [1.807, 2.05) is 48.5 Å². The van der Waals surface area contributed by atoms with Gasteiger partial charge >= 0.3 is 0 Å². The van der Waals surface area contributed by atoms with Gasteiger partial charge in [-0.1, -0.05) is 57.0 Å². The molecule has 0 aromatic heterocycles. The van der Waals surface area contributed by atoms with Crippen molar-refractivity contribution < 1.29 is 33.6 Å². The summed E-state index contributed by atoms with van der Waals surface area (Å²) in [6.07, 6.45) is 8.33. The third-order valence-corrected chi connectivity index (χ3v) is 11.4. The summed E-state index contributed by atoms with van der Waals surface area (Å²) in [5, 5.41) is 11.9. The Kier molecular flexibility index (Phi) is 7.34. The van der Waals surface area contributed by atoms with Crippen LogP contribution in [0.15, 0.2) is 78.4 Å². The van der Waals surface area contributed by atoms with Crippen LogP contribution in [0, 0.1) is 28.6 Å². The van der Waals surface area contributed by atoms with Gasteiger partial charge in [0.1, 0.15) is 23.9 Å². The number of rotatable bonds is 8. The lowest BCUT2D eigenvalue weighted by molar-refractivity contribution is -0.200. The number of aliphatic hydroxyl groups excluding tert-OH is 1. The van der Waals surface area contributed by atoms with E-state index in [0.717, 1.165) is 30.6 Å². The average molecular weight is 599 g/mol. The van der Waals surface area contributed by atoms with E-state index in [2.05, 4.69) is 20.8 Å². The number of para-hydroxylation sites is 1. The molecule has 232 valence electrons. The zero-order valence-electron chi connectivity index (χ0n) is 25.7. The predicted octanol–water partition coefficient (Wildman–Crippen LogP) is 6.60. The number of benzene rings is 2. The Morgan fingerprint density at radius 1 is 1.05 bits per heavy atom. The van der Waals surface area contributed by atoms with Gasteiger partial charge in [0, 0.05) is 16.7 Å². The minimum absolute atomic E-state index is 0.0214. The van der Waals surface area contributed by atoms with Crippen LogP contribution in [0.1, 0.15) is 59.3 Å². The van der Waals surface area contributed by atoms with Crippen molar-refractivity contribution >= 4 is 11.6 Å².